The minimum absolute atomic E-state index is 1.01. The van der Waals surface area contributed by atoms with Crippen molar-refractivity contribution in [1.29, 1.82) is 0 Å². The first-order valence-corrected chi connectivity index (χ1v) is 4.21. The molecule has 0 saturated heterocycles. The summed E-state index contributed by atoms with van der Waals surface area (Å²) in [5.74, 6) is 0. The minimum Gasteiger partial charge on any atom is -0.322 e. The third-order valence-electron chi connectivity index (χ3n) is 1.40. The van der Waals surface area contributed by atoms with E-state index in [-0.39, 0.29) is 0 Å². The van der Waals surface area contributed by atoms with Crippen LogP contribution >= 0.6 is 0 Å². The highest BCUT2D eigenvalue weighted by Gasteiger charge is 1.93. The zero-order valence-corrected chi connectivity index (χ0v) is 8.17. The van der Waals surface area contributed by atoms with Crippen LogP contribution < -0.4 is 0 Å². The second-order valence-electron chi connectivity index (χ2n) is 2.24. The van der Waals surface area contributed by atoms with Crippen LogP contribution in [0.15, 0.2) is 31.5 Å². The van der Waals surface area contributed by atoms with Gasteiger partial charge in [-0.15, -0.1) is 0 Å². The van der Waals surface area contributed by atoms with Gasteiger partial charge in [-0.3, -0.25) is 0 Å². The maximum absolute atomic E-state index is 3.82. The van der Waals surface area contributed by atoms with Crippen molar-refractivity contribution in [2.24, 2.45) is 0 Å². The van der Waals surface area contributed by atoms with Crippen molar-refractivity contribution in [2.75, 3.05) is 0 Å². The molecule has 1 rings (SSSR count). The van der Waals surface area contributed by atoms with E-state index in [0.717, 1.165) is 11.4 Å². The lowest BCUT2D eigenvalue weighted by molar-refractivity contribution is 1.09. The Hall–Kier alpha value is -1.24. The quantitative estimate of drug-likeness (QED) is 0.627. The maximum atomic E-state index is 3.82. The zero-order chi connectivity index (χ0) is 9.56. The molecule has 0 radical (unpaired) electrons. The molecule has 0 N–H and O–H groups in total. The van der Waals surface area contributed by atoms with E-state index in [9.17, 15) is 0 Å². The molecule has 0 aliphatic rings. The lowest BCUT2D eigenvalue weighted by Gasteiger charge is -2.02. The SMILES string of the molecule is C=Cc1cccn1C(=C)C.CC. The van der Waals surface area contributed by atoms with Crippen molar-refractivity contribution in [3.63, 3.8) is 0 Å². The van der Waals surface area contributed by atoms with Gasteiger partial charge in [0, 0.05) is 17.6 Å². The molecule has 1 aromatic rings. The van der Waals surface area contributed by atoms with Crippen LogP contribution in [-0.2, 0) is 0 Å². The van der Waals surface area contributed by atoms with E-state index in [4.69, 9.17) is 0 Å². The van der Waals surface area contributed by atoms with Gasteiger partial charge in [-0.25, -0.2) is 0 Å². The third kappa shape index (κ3) is 2.42. The Morgan fingerprint density at radius 2 is 2.08 bits per heavy atom. The molecule has 0 unspecified atom stereocenters. The van der Waals surface area contributed by atoms with Gasteiger partial charge in [0.2, 0.25) is 0 Å². The van der Waals surface area contributed by atoms with Gasteiger partial charge in [0.25, 0.3) is 0 Å². The van der Waals surface area contributed by atoms with Crippen LogP contribution in [0.2, 0.25) is 0 Å². The van der Waals surface area contributed by atoms with Crippen LogP contribution in [0.5, 0.6) is 0 Å². The van der Waals surface area contributed by atoms with Crippen LogP contribution in [0, 0.1) is 0 Å². The molecule has 0 atom stereocenters. The molecular formula is C11H17N. The average Bonchev–Trinajstić information content (AvgIpc) is 2.55. The number of nitrogens with zero attached hydrogens (tertiary/aromatic N) is 1. The van der Waals surface area contributed by atoms with Gasteiger partial charge in [-0.1, -0.05) is 27.0 Å². The molecule has 0 aliphatic heterocycles. The Labute approximate surface area is 75.0 Å². The fourth-order valence-electron chi connectivity index (χ4n) is 0.908. The Balaban J connectivity index is 0.000000561. The highest BCUT2D eigenvalue weighted by molar-refractivity contribution is 5.51. The van der Waals surface area contributed by atoms with Gasteiger partial charge in [-0.05, 0) is 25.1 Å². The van der Waals surface area contributed by atoms with Crippen molar-refractivity contribution in [3.05, 3.63) is 37.2 Å². The van der Waals surface area contributed by atoms with E-state index in [1.807, 2.05) is 49.7 Å². The summed E-state index contributed by atoms with van der Waals surface area (Å²) in [5.41, 5.74) is 2.10. The van der Waals surface area contributed by atoms with Crippen molar-refractivity contribution in [2.45, 2.75) is 20.8 Å². The van der Waals surface area contributed by atoms with E-state index in [1.54, 1.807) is 0 Å². The lowest BCUT2D eigenvalue weighted by atomic mass is 10.4. The van der Waals surface area contributed by atoms with Gasteiger partial charge in [-0.2, -0.15) is 0 Å². The summed E-state index contributed by atoms with van der Waals surface area (Å²) in [6.07, 6.45) is 3.79. The molecule has 0 fully saturated rings. The van der Waals surface area contributed by atoms with E-state index >= 15 is 0 Å². The van der Waals surface area contributed by atoms with Crippen molar-refractivity contribution < 1.29 is 0 Å². The molecule has 0 amide bonds. The monoisotopic (exact) mass is 163 g/mol. The van der Waals surface area contributed by atoms with Crippen LogP contribution in [0.4, 0.5) is 0 Å². The Morgan fingerprint density at radius 1 is 1.50 bits per heavy atom. The predicted molar refractivity (Wildman–Crippen MR) is 56.9 cm³/mol. The van der Waals surface area contributed by atoms with Crippen molar-refractivity contribution in [1.82, 2.24) is 4.57 Å². The third-order valence-corrected chi connectivity index (χ3v) is 1.40. The van der Waals surface area contributed by atoms with Crippen LogP contribution in [-0.4, -0.2) is 4.57 Å². The summed E-state index contributed by atoms with van der Waals surface area (Å²) in [7, 11) is 0. The summed E-state index contributed by atoms with van der Waals surface area (Å²) in [6.45, 7) is 13.5. The molecule has 0 bridgehead atoms. The van der Waals surface area contributed by atoms with Gasteiger partial charge < -0.3 is 4.57 Å². The standard InChI is InChI=1S/C9H11N.C2H6/c1-4-9-6-5-7-10(9)8(2)3;1-2/h4-7H,1-2H2,3H3;1-2H3. The first-order chi connectivity index (χ1) is 5.75. The summed E-state index contributed by atoms with van der Waals surface area (Å²) >= 11 is 0. The average molecular weight is 163 g/mol. The molecular weight excluding hydrogens is 146 g/mol. The molecule has 1 heteroatoms. The highest BCUT2D eigenvalue weighted by atomic mass is 15.0. The molecule has 0 aliphatic carbocycles. The van der Waals surface area contributed by atoms with E-state index in [0.29, 0.717) is 0 Å². The van der Waals surface area contributed by atoms with E-state index in [2.05, 4.69) is 13.2 Å². The largest absolute Gasteiger partial charge is 0.322 e. The van der Waals surface area contributed by atoms with Gasteiger partial charge >= 0.3 is 0 Å². The molecule has 12 heavy (non-hydrogen) atoms. The number of hydrogen-bond donors (Lipinski definition) is 0. The first kappa shape index (κ1) is 10.8. The fraction of sp³-hybridized carbons (Fsp3) is 0.273. The van der Waals surface area contributed by atoms with Gasteiger partial charge in [0.15, 0.2) is 0 Å². The van der Waals surface area contributed by atoms with Crippen LogP contribution in [0.25, 0.3) is 11.8 Å². The lowest BCUT2D eigenvalue weighted by Crippen LogP contribution is -1.90. The normalized spacial score (nSPS) is 8.25. The van der Waals surface area contributed by atoms with E-state index in [1.165, 1.54) is 0 Å². The van der Waals surface area contributed by atoms with Crippen molar-refractivity contribution in [3.8, 4) is 0 Å². The second-order valence-corrected chi connectivity index (χ2v) is 2.24. The number of aromatic nitrogens is 1. The minimum atomic E-state index is 1.01. The first-order valence-electron chi connectivity index (χ1n) is 4.21. The second kappa shape index (κ2) is 5.42. The summed E-state index contributed by atoms with van der Waals surface area (Å²) < 4.78 is 1.99. The number of allylic oxidation sites excluding steroid dienone is 1. The molecule has 0 spiro atoms. The molecule has 0 aromatic carbocycles. The summed E-state index contributed by atoms with van der Waals surface area (Å²) in [5, 5.41) is 0. The summed E-state index contributed by atoms with van der Waals surface area (Å²) in [6, 6.07) is 3.98. The van der Waals surface area contributed by atoms with Gasteiger partial charge in [0.1, 0.15) is 0 Å². The summed E-state index contributed by atoms with van der Waals surface area (Å²) in [4.78, 5) is 0. The molecule has 0 saturated carbocycles. The fourth-order valence-corrected chi connectivity index (χ4v) is 0.908. The maximum Gasteiger partial charge on any atom is 0.0446 e. The topological polar surface area (TPSA) is 4.93 Å². The number of hydrogen-bond acceptors (Lipinski definition) is 0. The highest BCUT2D eigenvalue weighted by Crippen LogP contribution is 2.08. The Kier molecular flexibility index (Phi) is 4.86. The van der Waals surface area contributed by atoms with Crippen LogP contribution in [0.1, 0.15) is 26.5 Å². The molecule has 66 valence electrons. The predicted octanol–water partition coefficient (Wildman–Crippen LogP) is 3.65. The smallest absolute Gasteiger partial charge is 0.0446 e. The zero-order valence-electron chi connectivity index (χ0n) is 8.17. The molecule has 1 aromatic heterocycles. The molecule has 1 heterocycles. The van der Waals surface area contributed by atoms with E-state index < -0.39 is 0 Å². The van der Waals surface area contributed by atoms with Crippen LogP contribution in [0.3, 0.4) is 0 Å². The Bertz CT molecular complexity index is 256. The molecule has 1 nitrogen and oxygen atoms in total. The van der Waals surface area contributed by atoms with Crippen molar-refractivity contribution >= 4 is 11.8 Å². The van der Waals surface area contributed by atoms with Gasteiger partial charge in [0.05, 0.1) is 0 Å². The Morgan fingerprint density at radius 3 is 2.42 bits per heavy atom. The number of rotatable bonds is 2.